The molecule has 0 atom stereocenters. The van der Waals surface area contributed by atoms with E-state index in [0.717, 1.165) is 25.9 Å². The molecule has 1 saturated heterocycles. The number of non-ortho nitro benzene ring substituents is 1. The lowest BCUT2D eigenvalue weighted by Gasteiger charge is -2.31. The Labute approximate surface area is 135 Å². The lowest BCUT2D eigenvalue weighted by atomic mass is 9.95. The smallest absolute Gasteiger partial charge is 0.270 e. The van der Waals surface area contributed by atoms with Gasteiger partial charge in [-0.3, -0.25) is 19.8 Å². The number of phenolic OH excluding ortho intramolecular Hbond substituents is 1. The Morgan fingerprint density at radius 3 is 2.65 bits per heavy atom. The van der Waals surface area contributed by atoms with E-state index in [9.17, 15) is 20.0 Å². The third-order valence-corrected chi connectivity index (χ3v) is 4.06. The van der Waals surface area contributed by atoms with Gasteiger partial charge in [0, 0.05) is 36.2 Å². The van der Waals surface area contributed by atoms with Crippen LogP contribution in [0.2, 0.25) is 0 Å². The summed E-state index contributed by atoms with van der Waals surface area (Å²) in [5, 5.41) is 23.6. The van der Waals surface area contributed by atoms with E-state index >= 15 is 0 Å². The molecule has 1 heterocycles. The Bertz CT molecular complexity index is 581. The van der Waals surface area contributed by atoms with Crippen LogP contribution in [0.25, 0.3) is 0 Å². The zero-order valence-corrected chi connectivity index (χ0v) is 13.5. The second-order valence-corrected chi connectivity index (χ2v) is 6.28. The van der Waals surface area contributed by atoms with Gasteiger partial charge in [-0.15, -0.1) is 0 Å². The minimum Gasteiger partial charge on any atom is -0.508 e. The lowest BCUT2D eigenvalue weighted by molar-refractivity contribution is -0.385. The normalized spacial score (nSPS) is 16.5. The first kappa shape index (κ1) is 17.2. The van der Waals surface area contributed by atoms with E-state index in [1.54, 1.807) is 0 Å². The van der Waals surface area contributed by atoms with E-state index in [0.29, 0.717) is 12.1 Å². The maximum absolute atomic E-state index is 12.0. The molecule has 23 heavy (non-hydrogen) atoms. The monoisotopic (exact) mass is 321 g/mol. The fraction of sp³-hybridized carbons (Fsp3) is 0.562. The molecule has 1 fully saturated rings. The van der Waals surface area contributed by atoms with E-state index in [4.69, 9.17) is 0 Å². The molecule has 7 heteroatoms. The summed E-state index contributed by atoms with van der Waals surface area (Å²) in [6, 6.07) is 4.20. The highest BCUT2D eigenvalue weighted by Crippen LogP contribution is 2.26. The molecule has 1 aliphatic heterocycles. The van der Waals surface area contributed by atoms with Crippen LogP contribution in [0, 0.1) is 16.0 Å². The number of hydrogen-bond donors (Lipinski definition) is 2. The zero-order valence-electron chi connectivity index (χ0n) is 13.5. The number of aromatic hydroxyl groups is 1. The topological polar surface area (TPSA) is 95.7 Å². The maximum Gasteiger partial charge on any atom is 0.270 e. The summed E-state index contributed by atoms with van der Waals surface area (Å²) in [5.74, 6) is 0.181. The van der Waals surface area contributed by atoms with Gasteiger partial charge in [-0.1, -0.05) is 0 Å². The van der Waals surface area contributed by atoms with Crippen LogP contribution in [0.4, 0.5) is 5.69 Å². The van der Waals surface area contributed by atoms with Crippen molar-refractivity contribution in [2.75, 3.05) is 13.1 Å². The molecule has 7 nitrogen and oxygen atoms in total. The fourth-order valence-corrected chi connectivity index (χ4v) is 2.81. The molecule has 0 saturated carbocycles. The Morgan fingerprint density at radius 1 is 1.43 bits per heavy atom. The summed E-state index contributed by atoms with van der Waals surface area (Å²) in [4.78, 5) is 24.5. The number of nitro groups is 1. The fourth-order valence-electron chi connectivity index (χ4n) is 2.81. The molecule has 2 rings (SSSR count). The van der Waals surface area contributed by atoms with Crippen molar-refractivity contribution < 1.29 is 14.8 Å². The first-order valence-corrected chi connectivity index (χ1v) is 7.86. The van der Waals surface area contributed by atoms with Crippen LogP contribution in [0.1, 0.15) is 32.3 Å². The summed E-state index contributed by atoms with van der Waals surface area (Å²) in [6.45, 7) is 5.80. The average Bonchev–Trinajstić information content (AvgIpc) is 2.49. The molecule has 1 aromatic carbocycles. The first-order chi connectivity index (χ1) is 10.9. The van der Waals surface area contributed by atoms with Crippen molar-refractivity contribution in [2.45, 2.75) is 39.3 Å². The molecule has 0 aromatic heterocycles. The lowest BCUT2D eigenvalue weighted by Crippen LogP contribution is -2.42. The number of likely N-dealkylation sites (tertiary alicyclic amines) is 1. The predicted octanol–water partition coefficient (Wildman–Crippen LogP) is 2.04. The molecular weight excluding hydrogens is 298 g/mol. The highest BCUT2D eigenvalue weighted by molar-refractivity contribution is 5.78. The highest BCUT2D eigenvalue weighted by atomic mass is 16.6. The van der Waals surface area contributed by atoms with Crippen molar-refractivity contribution in [2.24, 2.45) is 5.92 Å². The number of piperidine rings is 1. The number of nitro benzene ring substituents is 1. The number of phenols is 1. The van der Waals surface area contributed by atoms with Crippen molar-refractivity contribution >= 4 is 11.6 Å². The van der Waals surface area contributed by atoms with Gasteiger partial charge in [0.1, 0.15) is 5.75 Å². The number of carbonyl (C=O) groups excluding carboxylic acids is 1. The number of nitrogens with zero attached hydrogens (tertiary/aromatic N) is 2. The van der Waals surface area contributed by atoms with Gasteiger partial charge in [-0.05, 0) is 45.8 Å². The number of amides is 1. The minimum absolute atomic E-state index is 0.0207. The van der Waals surface area contributed by atoms with Crippen molar-refractivity contribution in [3.63, 3.8) is 0 Å². The van der Waals surface area contributed by atoms with E-state index in [1.165, 1.54) is 18.2 Å². The number of benzene rings is 1. The quantitative estimate of drug-likeness (QED) is 0.639. The van der Waals surface area contributed by atoms with Crippen molar-refractivity contribution in [1.29, 1.82) is 0 Å². The van der Waals surface area contributed by atoms with Gasteiger partial charge in [0.25, 0.3) is 5.69 Å². The molecule has 126 valence electrons. The molecule has 0 aliphatic carbocycles. The van der Waals surface area contributed by atoms with Crippen LogP contribution in [-0.2, 0) is 11.3 Å². The number of carbonyl (C=O) groups is 1. The van der Waals surface area contributed by atoms with Crippen LogP contribution in [0.5, 0.6) is 5.75 Å². The molecule has 0 spiro atoms. The van der Waals surface area contributed by atoms with Crippen molar-refractivity contribution in [3.8, 4) is 5.75 Å². The van der Waals surface area contributed by atoms with Crippen LogP contribution in [0.3, 0.4) is 0 Å². The van der Waals surface area contributed by atoms with Gasteiger partial charge in [0.15, 0.2) is 0 Å². The summed E-state index contributed by atoms with van der Waals surface area (Å²) in [6.07, 6.45) is 1.52. The van der Waals surface area contributed by atoms with Crippen LogP contribution in [0.15, 0.2) is 18.2 Å². The van der Waals surface area contributed by atoms with Crippen LogP contribution in [-0.4, -0.2) is 40.0 Å². The summed E-state index contributed by atoms with van der Waals surface area (Å²) in [7, 11) is 0. The number of rotatable bonds is 5. The van der Waals surface area contributed by atoms with Gasteiger partial charge in [0.2, 0.25) is 5.91 Å². The van der Waals surface area contributed by atoms with Gasteiger partial charge in [-0.2, -0.15) is 0 Å². The van der Waals surface area contributed by atoms with E-state index in [2.05, 4.69) is 10.2 Å². The minimum atomic E-state index is -0.467. The highest BCUT2D eigenvalue weighted by Gasteiger charge is 2.25. The average molecular weight is 321 g/mol. The molecule has 0 unspecified atom stereocenters. The molecule has 2 N–H and O–H groups in total. The molecule has 1 amide bonds. The third kappa shape index (κ3) is 4.66. The zero-order chi connectivity index (χ0) is 17.0. The largest absolute Gasteiger partial charge is 0.508 e. The van der Waals surface area contributed by atoms with Gasteiger partial charge >= 0.3 is 0 Å². The van der Waals surface area contributed by atoms with Gasteiger partial charge < -0.3 is 10.4 Å². The number of nitrogens with one attached hydrogen (secondary N) is 1. The van der Waals surface area contributed by atoms with E-state index in [-0.39, 0.29) is 29.3 Å². The SMILES string of the molecule is CC(C)NC(=O)C1CCN(Cc2cc([N+](=O)[O-])ccc2O)CC1. The Morgan fingerprint density at radius 2 is 2.09 bits per heavy atom. The Balaban J connectivity index is 1.93. The van der Waals surface area contributed by atoms with E-state index in [1.807, 2.05) is 13.8 Å². The standard InChI is InChI=1S/C16H23N3O4/c1-11(2)17-16(21)12-5-7-18(8-6-12)10-13-9-14(19(22)23)3-4-15(13)20/h3-4,9,11-12,20H,5-8,10H2,1-2H3,(H,17,21). The van der Waals surface area contributed by atoms with E-state index < -0.39 is 4.92 Å². The van der Waals surface area contributed by atoms with Crippen LogP contribution >= 0.6 is 0 Å². The maximum atomic E-state index is 12.0. The molecule has 1 aliphatic rings. The summed E-state index contributed by atoms with van der Waals surface area (Å²) < 4.78 is 0. The second-order valence-electron chi connectivity index (χ2n) is 6.28. The van der Waals surface area contributed by atoms with Gasteiger partial charge in [-0.25, -0.2) is 0 Å². The molecular formula is C16H23N3O4. The Kier molecular flexibility index (Phi) is 5.54. The van der Waals surface area contributed by atoms with Crippen molar-refractivity contribution in [3.05, 3.63) is 33.9 Å². The third-order valence-electron chi connectivity index (χ3n) is 4.06. The first-order valence-electron chi connectivity index (χ1n) is 7.86. The van der Waals surface area contributed by atoms with Crippen LogP contribution < -0.4 is 5.32 Å². The second kappa shape index (κ2) is 7.41. The number of hydrogen-bond acceptors (Lipinski definition) is 5. The summed E-state index contributed by atoms with van der Waals surface area (Å²) >= 11 is 0. The van der Waals surface area contributed by atoms with Gasteiger partial charge in [0.05, 0.1) is 4.92 Å². The predicted molar refractivity (Wildman–Crippen MR) is 86.0 cm³/mol. The summed E-state index contributed by atoms with van der Waals surface area (Å²) in [5.41, 5.74) is 0.522. The molecule has 0 bridgehead atoms. The van der Waals surface area contributed by atoms with Crippen molar-refractivity contribution in [1.82, 2.24) is 10.2 Å². The Hall–Kier alpha value is -2.15. The molecule has 0 radical (unpaired) electrons. The molecule has 1 aromatic rings.